The number of nitrogens with one attached hydrogen (secondary N) is 1. The predicted molar refractivity (Wildman–Crippen MR) is 88.8 cm³/mol. The molecule has 0 radical (unpaired) electrons. The first kappa shape index (κ1) is 17.3. The van der Waals surface area contributed by atoms with E-state index in [-0.39, 0.29) is 12.6 Å². The van der Waals surface area contributed by atoms with Gasteiger partial charge in [0.25, 0.3) is 0 Å². The number of hydrogen-bond donors (Lipinski definition) is 3. The van der Waals surface area contributed by atoms with Gasteiger partial charge in [-0.3, -0.25) is 0 Å². The lowest BCUT2D eigenvalue weighted by molar-refractivity contribution is 0.124. The molecule has 0 spiro atoms. The number of methoxy groups -OCH3 is 2. The first-order valence-electron chi connectivity index (χ1n) is 7.49. The molecular formula is C18H23NO4. The molecule has 0 saturated carbocycles. The molecule has 0 heterocycles. The summed E-state index contributed by atoms with van der Waals surface area (Å²) >= 11 is 0. The fourth-order valence-electron chi connectivity index (χ4n) is 2.44. The van der Waals surface area contributed by atoms with E-state index in [9.17, 15) is 5.11 Å². The minimum absolute atomic E-state index is 0.00197. The third-order valence-electron chi connectivity index (χ3n) is 3.72. The van der Waals surface area contributed by atoms with Crippen molar-refractivity contribution in [2.75, 3.05) is 27.4 Å². The van der Waals surface area contributed by atoms with Crippen LogP contribution in [0.4, 0.5) is 0 Å². The lowest BCUT2D eigenvalue weighted by Gasteiger charge is -2.25. The van der Waals surface area contributed by atoms with E-state index in [1.807, 2.05) is 48.5 Å². The van der Waals surface area contributed by atoms with Crippen molar-refractivity contribution in [3.8, 4) is 11.5 Å². The van der Waals surface area contributed by atoms with Crippen LogP contribution in [0.15, 0.2) is 48.5 Å². The van der Waals surface area contributed by atoms with Crippen molar-refractivity contribution in [1.82, 2.24) is 5.32 Å². The first-order valence-corrected chi connectivity index (χ1v) is 7.49. The normalized spacial score (nSPS) is 13.4. The van der Waals surface area contributed by atoms with Gasteiger partial charge in [0.05, 0.1) is 33.0 Å². The fraction of sp³-hybridized carbons (Fsp3) is 0.333. The number of ether oxygens (including phenoxy) is 2. The number of rotatable bonds is 8. The summed E-state index contributed by atoms with van der Waals surface area (Å²) in [6.45, 7) is 0.395. The molecule has 2 aromatic carbocycles. The van der Waals surface area contributed by atoms with Crippen LogP contribution in [0.1, 0.15) is 23.3 Å². The van der Waals surface area contributed by atoms with E-state index in [0.29, 0.717) is 6.54 Å². The second kappa shape index (κ2) is 8.53. The summed E-state index contributed by atoms with van der Waals surface area (Å²) in [4.78, 5) is 0. The highest BCUT2D eigenvalue weighted by Crippen LogP contribution is 2.30. The van der Waals surface area contributed by atoms with Crippen molar-refractivity contribution in [2.24, 2.45) is 0 Å². The highest BCUT2D eigenvalue weighted by atomic mass is 16.5. The molecular weight excluding hydrogens is 294 g/mol. The summed E-state index contributed by atoms with van der Waals surface area (Å²) < 4.78 is 10.3. The smallest absolute Gasteiger partial charge is 0.118 e. The molecule has 0 aliphatic heterocycles. The second-order valence-corrected chi connectivity index (χ2v) is 5.15. The van der Waals surface area contributed by atoms with Gasteiger partial charge in [-0.1, -0.05) is 24.3 Å². The van der Waals surface area contributed by atoms with Gasteiger partial charge in [0, 0.05) is 6.54 Å². The molecule has 0 saturated heterocycles. The molecule has 0 aliphatic rings. The average molecular weight is 317 g/mol. The molecule has 0 fully saturated rings. The molecule has 3 N–H and O–H groups in total. The zero-order chi connectivity index (χ0) is 16.7. The first-order chi connectivity index (χ1) is 11.2. The van der Waals surface area contributed by atoms with Crippen LogP contribution in [0.2, 0.25) is 0 Å². The van der Waals surface area contributed by atoms with Crippen LogP contribution < -0.4 is 14.8 Å². The second-order valence-electron chi connectivity index (χ2n) is 5.15. The van der Waals surface area contributed by atoms with E-state index in [1.54, 1.807) is 14.2 Å². The zero-order valence-corrected chi connectivity index (χ0v) is 13.4. The molecule has 0 unspecified atom stereocenters. The largest absolute Gasteiger partial charge is 0.497 e. The van der Waals surface area contributed by atoms with Crippen molar-refractivity contribution < 1.29 is 19.7 Å². The minimum Gasteiger partial charge on any atom is -0.497 e. The molecule has 2 atom stereocenters. The Labute approximate surface area is 136 Å². The SMILES string of the molecule is COc1ccc([C@@H](NCCO)[C@@H](O)c2ccc(OC)cc2)cc1. The summed E-state index contributed by atoms with van der Waals surface area (Å²) in [6.07, 6.45) is -0.749. The van der Waals surface area contributed by atoms with Gasteiger partial charge in [0.1, 0.15) is 11.5 Å². The predicted octanol–water partition coefficient (Wildman–Crippen LogP) is 2.06. The van der Waals surface area contributed by atoms with E-state index in [2.05, 4.69) is 5.32 Å². The van der Waals surface area contributed by atoms with Gasteiger partial charge in [0.15, 0.2) is 0 Å². The maximum Gasteiger partial charge on any atom is 0.118 e. The summed E-state index contributed by atoms with van der Waals surface area (Å²) in [5, 5.41) is 23.0. The van der Waals surface area contributed by atoms with E-state index < -0.39 is 6.10 Å². The standard InChI is InChI=1S/C18H23NO4/c1-22-15-7-3-13(4-8-15)17(19-11-12-20)18(21)14-5-9-16(23-2)10-6-14/h3-10,17-21H,11-12H2,1-2H3/t17-,18+/m1/s1. The quantitative estimate of drug-likeness (QED) is 0.695. The lowest BCUT2D eigenvalue weighted by Crippen LogP contribution is -2.29. The van der Waals surface area contributed by atoms with Crippen molar-refractivity contribution in [3.63, 3.8) is 0 Å². The highest BCUT2D eigenvalue weighted by molar-refractivity contribution is 5.33. The number of aliphatic hydroxyl groups is 2. The Bertz CT molecular complexity index is 583. The molecule has 23 heavy (non-hydrogen) atoms. The molecule has 5 heteroatoms. The van der Waals surface area contributed by atoms with Crippen molar-refractivity contribution in [3.05, 3.63) is 59.7 Å². The van der Waals surface area contributed by atoms with Gasteiger partial charge in [0.2, 0.25) is 0 Å². The Balaban J connectivity index is 2.24. The van der Waals surface area contributed by atoms with Crippen LogP contribution >= 0.6 is 0 Å². The monoisotopic (exact) mass is 317 g/mol. The van der Waals surface area contributed by atoms with E-state index in [0.717, 1.165) is 22.6 Å². The van der Waals surface area contributed by atoms with Gasteiger partial charge in [-0.25, -0.2) is 0 Å². The van der Waals surface area contributed by atoms with E-state index >= 15 is 0 Å². The van der Waals surface area contributed by atoms with Gasteiger partial charge in [-0.2, -0.15) is 0 Å². The van der Waals surface area contributed by atoms with E-state index in [4.69, 9.17) is 14.6 Å². The van der Waals surface area contributed by atoms with Gasteiger partial charge in [-0.15, -0.1) is 0 Å². The Morgan fingerprint density at radius 2 is 1.35 bits per heavy atom. The third kappa shape index (κ3) is 4.45. The van der Waals surface area contributed by atoms with Crippen LogP contribution in [0, 0.1) is 0 Å². The Morgan fingerprint density at radius 1 is 0.870 bits per heavy atom. The molecule has 124 valence electrons. The maximum absolute atomic E-state index is 10.7. The van der Waals surface area contributed by atoms with Gasteiger partial charge in [-0.05, 0) is 35.4 Å². The average Bonchev–Trinajstić information content (AvgIpc) is 2.62. The fourth-order valence-corrected chi connectivity index (χ4v) is 2.44. The summed E-state index contributed by atoms with van der Waals surface area (Å²) in [5.74, 6) is 1.50. The molecule has 0 aromatic heterocycles. The summed E-state index contributed by atoms with van der Waals surface area (Å²) in [5.41, 5.74) is 1.69. The van der Waals surface area contributed by atoms with E-state index in [1.165, 1.54) is 0 Å². The van der Waals surface area contributed by atoms with Crippen LogP contribution in [0.25, 0.3) is 0 Å². The van der Waals surface area contributed by atoms with Gasteiger partial charge < -0.3 is 25.0 Å². The summed E-state index contributed by atoms with van der Waals surface area (Å²) in [7, 11) is 3.22. The lowest BCUT2D eigenvalue weighted by atomic mass is 9.95. The topological polar surface area (TPSA) is 71.0 Å². The van der Waals surface area contributed by atoms with Crippen molar-refractivity contribution >= 4 is 0 Å². The van der Waals surface area contributed by atoms with Crippen LogP contribution in [0.3, 0.4) is 0 Å². The molecule has 2 aromatic rings. The zero-order valence-electron chi connectivity index (χ0n) is 13.4. The molecule has 0 aliphatic carbocycles. The molecule has 2 rings (SSSR count). The van der Waals surface area contributed by atoms with Crippen LogP contribution in [-0.4, -0.2) is 37.6 Å². The van der Waals surface area contributed by atoms with Crippen molar-refractivity contribution in [1.29, 1.82) is 0 Å². The van der Waals surface area contributed by atoms with Crippen molar-refractivity contribution in [2.45, 2.75) is 12.1 Å². The molecule has 5 nitrogen and oxygen atoms in total. The number of hydrogen-bond acceptors (Lipinski definition) is 5. The van der Waals surface area contributed by atoms with Crippen LogP contribution in [-0.2, 0) is 0 Å². The summed E-state index contributed by atoms with van der Waals surface area (Å²) in [6, 6.07) is 14.5. The Kier molecular flexibility index (Phi) is 6.40. The third-order valence-corrected chi connectivity index (χ3v) is 3.72. The molecule has 0 amide bonds. The Morgan fingerprint density at radius 3 is 1.78 bits per heavy atom. The number of benzene rings is 2. The van der Waals surface area contributed by atoms with Gasteiger partial charge >= 0.3 is 0 Å². The minimum atomic E-state index is -0.749. The van der Waals surface area contributed by atoms with Crippen LogP contribution in [0.5, 0.6) is 11.5 Å². The maximum atomic E-state index is 10.7. The highest BCUT2D eigenvalue weighted by Gasteiger charge is 2.22. The number of aliphatic hydroxyl groups excluding tert-OH is 2. The molecule has 0 bridgehead atoms. The Hall–Kier alpha value is -2.08.